The fraction of sp³-hybridized carbons (Fsp3) is 0.154. The quantitative estimate of drug-likeness (QED) is 0.866. The van der Waals surface area contributed by atoms with Crippen molar-refractivity contribution in [3.63, 3.8) is 0 Å². The van der Waals surface area contributed by atoms with Crippen LogP contribution in [0.15, 0.2) is 18.3 Å². The molecule has 0 saturated heterocycles. The average molecular weight is 278 g/mol. The molecule has 3 rings (SSSR count). The Kier molecular flexibility index (Phi) is 2.87. The molecule has 1 aliphatic heterocycles. The van der Waals surface area contributed by atoms with Crippen molar-refractivity contribution in [1.29, 1.82) is 0 Å². The first kappa shape index (κ1) is 11.7. The number of halogens is 1. The molecule has 0 aromatic carbocycles. The highest BCUT2D eigenvalue weighted by Gasteiger charge is 2.15. The van der Waals surface area contributed by atoms with Crippen molar-refractivity contribution < 1.29 is 4.39 Å². The van der Waals surface area contributed by atoms with Crippen LogP contribution in [0.1, 0.15) is 10.4 Å². The Morgan fingerprint density at radius 2 is 2.28 bits per heavy atom. The van der Waals surface area contributed by atoms with E-state index in [0.29, 0.717) is 10.6 Å². The van der Waals surface area contributed by atoms with E-state index >= 15 is 0 Å². The summed E-state index contributed by atoms with van der Waals surface area (Å²) in [4.78, 5) is 6.58. The summed E-state index contributed by atoms with van der Waals surface area (Å²) in [5, 5.41) is 5.48. The Labute approximate surface area is 112 Å². The minimum absolute atomic E-state index is 0.245. The molecule has 2 aromatic heterocycles. The molecule has 0 bridgehead atoms. The molecule has 0 aliphatic carbocycles. The molecular weight excluding hydrogens is 267 g/mol. The van der Waals surface area contributed by atoms with Crippen LogP contribution in [0.4, 0.5) is 9.39 Å². The van der Waals surface area contributed by atoms with Gasteiger partial charge >= 0.3 is 0 Å². The van der Waals surface area contributed by atoms with E-state index in [1.807, 2.05) is 6.26 Å². The number of aryl methyl sites for hydroxylation is 1. The number of fused-ring (bicyclic) bond motifs is 2. The number of thioether (sulfide) groups is 1. The zero-order chi connectivity index (χ0) is 12.7. The van der Waals surface area contributed by atoms with Gasteiger partial charge in [-0.3, -0.25) is 4.98 Å². The number of pyridine rings is 1. The van der Waals surface area contributed by atoms with Crippen LogP contribution in [0.3, 0.4) is 0 Å². The Morgan fingerprint density at radius 3 is 3.06 bits per heavy atom. The summed E-state index contributed by atoms with van der Waals surface area (Å²) in [6, 6.07) is 3.51. The second-order valence-corrected chi connectivity index (χ2v) is 6.05. The van der Waals surface area contributed by atoms with E-state index in [2.05, 4.69) is 23.3 Å². The summed E-state index contributed by atoms with van der Waals surface area (Å²) in [6.07, 6.45) is 5.21. The smallest absolute Gasteiger partial charge is 0.135 e. The van der Waals surface area contributed by atoms with Gasteiger partial charge < -0.3 is 5.32 Å². The average Bonchev–Trinajstić information content (AvgIpc) is 2.63. The molecule has 3 heterocycles. The number of aromatic nitrogens is 1. The summed E-state index contributed by atoms with van der Waals surface area (Å²) in [7, 11) is 0. The molecule has 0 amide bonds. The molecule has 92 valence electrons. The maximum Gasteiger partial charge on any atom is 0.135 e. The van der Waals surface area contributed by atoms with Crippen LogP contribution in [0, 0.1) is 12.7 Å². The van der Waals surface area contributed by atoms with E-state index in [1.54, 1.807) is 29.3 Å². The molecule has 0 saturated carbocycles. The first-order valence-electron chi connectivity index (χ1n) is 5.47. The third kappa shape index (κ3) is 1.74. The number of nitrogens with zero attached hydrogens (tertiary/aromatic N) is 1. The second kappa shape index (κ2) is 4.40. The molecule has 0 atom stereocenters. The van der Waals surface area contributed by atoms with E-state index in [4.69, 9.17) is 0 Å². The minimum Gasteiger partial charge on any atom is -0.352 e. The molecule has 0 radical (unpaired) electrons. The molecule has 1 aliphatic rings. The van der Waals surface area contributed by atoms with Crippen LogP contribution in [0.2, 0.25) is 0 Å². The number of hydrogen-bond acceptors (Lipinski definition) is 4. The highest BCUT2D eigenvalue weighted by molar-refractivity contribution is 8.07. The lowest BCUT2D eigenvalue weighted by atomic mass is 10.2. The molecule has 5 heteroatoms. The van der Waals surface area contributed by atoms with Gasteiger partial charge in [0, 0.05) is 27.7 Å². The molecule has 0 unspecified atom stereocenters. The Hall–Kier alpha value is -1.33. The van der Waals surface area contributed by atoms with Gasteiger partial charge in [0.1, 0.15) is 10.8 Å². The van der Waals surface area contributed by atoms with Gasteiger partial charge in [-0.2, -0.15) is 0 Å². The van der Waals surface area contributed by atoms with Gasteiger partial charge in [-0.05, 0) is 25.3 Å². The van der Waals surface area contributed by atoms with Crippen LogP contribution in [-0.2, 0) is 0 Å². The summed E-state index contributed by atoms with van der Waals surface area (Å²) in [6.45, 7) is 2.07. The van der Waals surface area contributed by atoms with Crippen molar-refractivity contribution >= 4 is 39.2 Å². The van der Waals surface area contributed by atoms with Gasteiger partial charge in [0.15, 0.2) is 0 Å². The van der Waals surface area contributed by atoms with E-state index in [-0.39, 0.29) is 5.82 Å². The molecule has 2 nitrogen and oxygen atoms in total. The lowest BCUT2D eigenvalue weighted by molar-refractivity contribution is 0.614. The Balaban J connectivity index is 2.46. The van der Waals surface area contributed by atoms with Crippen molar-refractivity contribution in [2.24, 2.45) is 0 Å². The first-order valence-corrected chi connectivity index (χ1v) is 7.51. The van der Waals surface area contributed by atoms with Crippen molar-refractivity contribution in [3.8, 4) is 0 Å². The highest BCUT2D eigenvalue weighted by Crippen LogP contribution is 2.36. The number of thiophene rings is 1. The molecule has 0 fully saturated rings. The molecular formula is C13H11FN2S2. The number of anilines is 1. The molecule has 18 heavy (non-hydrogen) atoms. The van der Waals surface area contributed by atoms with Gasteiger partial charge in [0.25, 0.3) is 0 Å². The van der Waals surface area contributed by atoms with E-state index in [0.717, 1.165) is 15.5 Å². The predicted octanol–water partition coefficient (Wildman–Crippen LogP) is 2.27. The van der Waals surface area contributed by atoms with Gasteiger partial charge in [-0.15, -0.1) is 23.1 Å². The van der Waals surface area contributed by atoms with Crippen molar-refractivity contribution in [1.82, 2.24) is 4.98 Å². The Bertz CT molecular complexity index is 734. The SMILES string of the molecule is CSC1=c2nccc(F)c2=CNc2sc(C)cc21. The van der Waals surface area contributed by atoms with Gasteiger partial charge in [-0.1, -0.05) is 0 Å². The third-order valence-electron chi connectivity index (χ3n) is 2.80. The zero-order valence-corrected chi connectivity index (χ0v) is 11.6. The summed E-state index contributed by atoms with van der Waals surface area (Å²) >= 11 is 3.27. The predicted molar refractivity (Wildman–Crippen MR) is 76.6 cm³/mol. The topological polar surface area (TPSA) is 24.9 Å². The van der Waals surface area contributed by atoms with E-state index < -0.39 is 0 Å². The number of hydrogen-bond donors (Lipinski definition) is 1. The fourth-order valence-corrected chi connectivity index (χ4v) is 3.72. The van der Waals surface area contributed by atoms with Crippen LogP contribution in [0.25, 0.3) is 11.1 Å². The third-order valence-corrected chi connectivity index (χ3v) is 4.61. The summed E-state index contributed by atoms with van der Waals surface area (Å²) < 4.78 is 13.8. The van der Waals surface area contributed by atoms with Crippen LogP contribution in [0.5, 0.6) is 0 Å². The van der Waals surface area contributed by atoms with Crippen molar-refractivity contribution in [2.45, 2.75) is 6.92 Å². The monoisotopic (exact) mass is 278 g/mol. The summed E-state index contributed by atoms with van der Waals surface area (Å²) in [5.74, 6) is -0.245. The molecule has 0 spiro atoms. The number of rotatable bonds is 1. The van der Waals surface area contributed by atoms with Crippen LogP contribution in [-0.4, -0.2) is 11.2 Å². The van der Waals surface area contributed by atoms with Crippen LogP contribution >= 0.6 is 23.1 Å². The fourth-order valence-electron chi connectivity index (χ4n) is 2.03. The Morgan fingerprint density at radius 1 is 1.44 bits per heavy atom. The van der Waals surface area contributed by atoms with E-state index in [9.17, 15) is 4.39 Å². The number of nitrogens with one attached hydrogen (secondary N) is 1. The van der Waals surface area contributed by atoms with Crippen LogP contribution < -0.4 is 15.9 Å². The standard InChI is InChI=1S/C13H11FN2S2/c1-7-5-8-12(17-2)11-9(6-16-13(8)18-7)10(14)3-4-15-11/h3-6,16H,1-2H3. The minimum atomic E-state index is -0.245. The largest absolute Gasteiger partial charge is 0.352 e. The van der Waals surface area contributed by atoms with Gasteiger partial charge in [0.05, 0.1) is 10.6 Å². The van der Waals surface area contributed by atoms with Gasteiger partial charge in [-0.25, -0.2) is 4.39 Å². The maximum atomic E-state index is 13.8. The zero-order valence-electron chi connectivity index (χ0n) is 9.95. The lowest BCUT2D eigenvalue weighted by Crippen LogP contribution is -2.32. The van der Waals surface area contributed by atoms with Gasteiger partial charge in [0.2, 0.25) is 0 Å². The molecule has 2 aromatic rings. The van der Waals surface area contributed by atoms with Crippen molar-refractivity contribution in [3.05, 3.63) is 45.2 Å². The first-order chi connectivity index (χ1) is 8.70. The second-order valence-electron chi connectivity index (χ2n) is 3.98. The summed E-state index contributed by atoms with van der Waals surface area (Å²) in [5.41, 5.74) is 1.11. The van der Waals surface area contributed by atoms with E-state index in [1.165, 1.54) is 17.1 Å². The molecule has 1 N–H and O–H groups in total. The van der Waals surface area contributed by atoms with Crippen molar-refractivity contribution in [2.75, 3.05) is 11.6 Å². The highest BCUT2D eigenvalue weighted by atomic mass is 32.2. The lowest BCUT2D eigenvalue weighted by Gasteiger charge is -2.02. The normalized spacial score (nSPS) is 13.2. The maximum absolute atomic E-state index is 13.8.